The van der Waals surface area contributed by atoms with Crippen LogP contribution in [0.15, 0.2) is 28.9 Å². The molecule has 15 heteroatoms. The van der Waals surface area contributed by atoms with E-state index in [4.69, 9.17) is 21.3 Å². The van der Waals surface area contributed by atoms with Crippen molar-refractivity contribution in [2.45, 2.75) is 49.7 Å². The van der Waals surface area contributed by atoms with E-state index in [9.17, 15) is 34.6 Å². The number of carboxylic acids is 1. The third kappa shape index (κ3) is 6.74. The van der Waals surface area contributed by atoms with Crippen molar-refractivity contribution in [1.29, 1.82) is 0 Å². The molecule has 3 amide bonds. The molecular weight excluding hydrogens is 456 g/mol. The Morgan fingerprint density at radius 2 is 2.00 bits per heavy atom. The van der Waals surface area contributed by atoms with Crippen molar-refractivity contribution in [3.63, 3.8) is 0 Å². The summed E-state index contributed by atoms with van der Waals surface area (Å²) in [6, 6.07) is -1.62. The van der Waals surface area contributed by atoms with E-state index in [1.165, 1.54) is 6.08 Å². The van der Waals surface area contributed by atoms with E-state index < -0.39 is 79.5 Å². The summed E-state index contributed by atoms with van der Waals surface area (Å²) in [7, 11) is 0. The van der Waals surface area contributed by atoms with Gasteiger partial charge in [-0.2, -0.15) is 0 Å². The Labute approximate surface area is 193 Å². The predicted octanol–water partition coefficient (Wildman–Crippen LogP) is -3.72. The first-order valence-electron chi connectivity index (χ1n) is 10.2. The van der Waals surface area contributed by atoms with Crippen molar-refractivity contribution in [3.8, 4) is 0 Å². The minimum Gasteiger partial charge on any atom is -0.481 e. The van der Waals surface area contributed by atoms with Crippen LogP contribution in [0.4, 0.5) is 0 Å². The number of carboxylic acid groups (broad SMARTS) is 1. The van der Waals surface area contributed by atoms with Crippen molar-refractivity contribution in [3.05, 3.63) is 23.9 Å². The number of aliphatic carboxylic acids is 1. The van der Waals surface area contributed by atoms with Crippen LogP contribution in [0.1, 0.15) is 19.3 Å². The Kier molecular flexibility index (Phi) is 9.08. The van der Waals surface area contributed by atoms with E-state index in [1.807, 2.05) is 0 Å². The third-order valence-corrected chi connectivity index (χ3v) is 5.15. The highest BCUT2D eigenvalue weighted by atomic mass is 16.5. The number of ether oxygens (including phenoxy) is 1. The summed E-state index contributed by atoms with van der Waals surface area (Å²) in [5, 5.41) is 44.5. The molecule has 1 saturated heterocycles. The fourth-order valence-corrected chi connectivity index (χ4v) is 3.38. The smallest absolute Gasteiger partial charge is 0.303 e. The summed E-state index contributed by atoms with van der Waals surface area (Å²) in [6.07, 6.45) is -4.42. The van der Waals surface area contributed by atoms with Gasteiger partial charge in [0.1, 0.15) is 37.0 Å². The second kappa shape index (κ2) is 11.6. The number of nitrogens with one attached hydrogen (secondary N) is 2. The van der Waals surface area contributed by atoms with Crippen molar-refractivity contribution in [2.75, 3.05) is 13.1 Å². The van der Waals surface area contributed by atoms with Gasteiger partial charge in [-0.15, -0.1) is 0 Å². The summed E-state index contributed by atoms with van der Waals surface area (Å²) in [4.78, 5) is 51.2. The number of hydrogen-bond acceptors (Lipinski definition) is 9. The number of aliphatic hydroxyl groups is 2. The van der Waals surface area contributed by atoms with Gasteiger partial charge in [0.2, 0.25) is 5.91 Å². The molecule has 0 spiro atoms. The van der Waals surface area contributed by atoms with Gasteiger partial charge in [0.05, 0.1) is 0 Å². The van der Waals surface area contributed by atoms with Crippen LogP contribution >= 0.6 is 0 Å². The average Bonchev–Trinajstić information content (AvgIpc) is 3.04. The van der Waals surface area contributed by atoms with Gasteiger partial charge in [0.15, 0.2) is 5.96 Å². The van der Waals surface area contributed by atoms with Crippen LogP contribution in [-0.4, -0.2) is 98.8 Å². The van der Waals surface area contributed by atoms with E-state index >= 15 is 0 Å². The molecule has 0 unspecified atom stereocenters. The SMILES string of the molecule is C=C1CC=C([C@@H]2O[C@H](CNC(=O)[C@H](CCC(=O)O)N(O)C(=O)CN=C(N)N)[C@@H](O)[C@H]2O)C(=O)N1. The lowest BCUT2D eigenvalue weighted by Crippen LogP contribution is -2.51. The Balaban J connectivity index is 2.05. The van der Waals surface area contributed by atoms with E-state index in [-0.39, 0.29) is 17.2 Å². The first-order chi connectivity index (χ1) is 15.9. The lowest BCUT2D eigenvalue weighted by atomic mass is 9.97. The number of aliphatic imine (C=N–C) groups is 1. The van der Waals surface area contributed by atoms with Gasteiger partial charge in [0.25, 0.3) is 11.8 Å². The van der Waals surface area contributed by atoms with E-state index in [2.05, 4.69) is 22.2 Å². The van der Waals surface area contributed by atoms with Gasteiger partial charge in [-0.1, -0.05) is 12.7 Å². The molecule has 0 aromatic carbocycles. The maximum atomic E-state index is 12.6. The minimum atomic E-state index is -1.62. The van der Waals surface area contributed by atoms with Crippen LogP contribution in [0.3, 0.4) is 0 Å². The molecule has 2 aliphatic heterocycles. The number of allylic oxidation sites excluding steroid dienone is 1. The van der Waals surface area contributed by atoms with E-state index in [1.54, 1.807) is 0 Å². The number of hydrogen-bond donors (Lipinski definition) is 8. The molecule has 2 aliphatic rings. The number of nitrogens with two attached hydrogens (primary N) is 2. The van der Waals surface area contributed by atoms with Crippen molar-refractivity contribution in [1.82, 2.24) is 15.7 Å². The topological polar surface area (TPSA) is 250 Å². The fourth-order valence-electron chi connectivity index (χ4n) is 3.38. The molecule has 0 saturated carbocycles. The van der Waals surface area contributed by atoms with Gasteiger partial charge in [-0.25, -0.2) is 10.1 Å². The second-order valence-corrected chi connectivity index (χ2v) is 7.67. The Bertz CT molecular complexity index is 901. The van der Waals surface area contributed by atoms with Crippen LogP contribution in [0.25, 0.3) is 0 Å². The largest absolute Gasteiger partial charge is 0.481 e. The number of guanidine groups is 1. The fraction of sp³-hybridized carbons (Fsp3) is 0.526. The molecule has 0 bridgehead atoms. The highest BCUT2D eigenvalue weighted by Gasteiger charge is 2.46. The molecule has 1 fully saturated rings. The highest BCUT2D eigenvalue weighted by molar-refractivity contribution is 5.97. The monoisotopic (exact) mass is 484 g/mol. The number of carbonyl (C=O) groups excluding carboxylic acids is 3. The molecule has 188 valence electrons. The van der Waals surface area contributed by atoms with Crippen LogP contribution in [0.5, 0.6) is 0 Å². The molecule has 0 aromatic heterocycles. The van der Waals surface area contributed by atoms with Crippen LogP contribution < -0.4 is 22.1 Å². The Morgan fingerprint density at radius 1 is 1.32 bits per heavy atom. The summed E-state index contributed by atoms with van der Waals surface area (Å²) in [5.41, 5.74) is 10.8. The normalized spacial score (nSPS) is 25.1. The van der Waals surface area contributed by atoms with Gasteiger partial charge in [-0.3, -0.25) is 24.4 Å². The highest BCUT2D eigenvalue weighted by Crippen LogP contribution is 2.28. The number of amides is 3. The second-order valence-electron chi connectivity index (χ2n) is 7.67. The van der Waals surface area contributed by atoms with E-state index in [0.29, 0.717) is 12.1 Å². The first-order valence-corrected chi connectivity index (χ1v) is 10.2. The zero-order valence-corrected chi connectivity index (χ0v) is 18.1. The number of rotatable bonds is 10. The molecule has 2 rings (SSSR count). The van der Waals surface area contributed by atoms with E-state index in [0.717, 1.165) is 0 Å². The zero-order chi connectivity index (χ0) is 25.6. The molecule has 15 nitrogen and oxygen atoms in total. The van der Waals surface area contributed by atoms with Crippen LogP contribution in [0, 0.1) is 0 Å². The summed E-state index contributed by atoms with van der Waals surface area (Å²) >= 11 is 0. The van der Waals surface area contributed by atoms with Gasteiger partial charge < -0.3 is 42.2 Å². The Morgan fingerprint density at radius 3 is 2.59 bits per heavy atom. The van der Waals surface area contributed by atoms with Gasteiger partial charge in [0, 0.05) is 30.7 Å². The molecule has 0 aromatic rings. The summed E-state index contributed by atoms with van der Waals surface area (Å²) in [6.45, 7) is 2.57. The number of carbonyl (C=O) groups is 4. The van der Waals surface area contributed by atoms with Crippen molar-refractivity contribution in [2.24, 2.45) is 16.5 Å². The maximum Gasteiger partial charge on any atom is 0.303 e. The average molecular weight is 484 g/mol. The standard InChI is InChI=1S/C19H28N6O9/c1-8-2-3-9(17(31)24-8)16-15(30)14(29)11(34-16)6-22-18(32)10(4-5-13(27)28)25(33)12(26)7-23-19(20)21/h3,10-11,14-16,29-30,33H,1-2,4-7H2,(H,22,32)(H,24,31)(H,27,28)(H4,20,21,23)/t10-,11+,14+,15+,16-/m0/s1. The summed E-state index contributed by atoms with van der Waals surface area (Å²) < 4.78 is 5.58. The molecule has 10 N–H and O–H groups in total. The number of hydroxylamine groups is 2. The Hall–Kier alpha value is -3.53. The lowest BCUT2D eigenvalue weighted by molar-refractivity contribution is -0.179. The van der Waals surface area contributed by atoms with Gasteiger partial charge in [-0.05, 0) is 6.42 Å². The molecule has 0 radical (unpaired) electrons. The molecular formula is C19H28N6O9. The van der Waals surface area contributed by atoms with Crippen LogP contribution in [0.2, 0.25) is 0 Å². The zero-order valence-electron chi connectivity index (χ0n) is 18.1. The number of aliphatic hydroxyl groups excluding tert-OH is 2. The number of nitrogens with zero attached hydrogens (tertiary/aromatic N) is 2. The minimum absolute atomic E-state index is 0.0261. The van der Waals surface area contributed by atoms with Crippen molar-refractivity contribution >= 4 is 29.7 Å². The van der Waals surface area contributed by atoms with Crippen molar-refractivity contribution < 1.29 is 44.4 Å². The molecule has 34 heavy (non-hydrogen) atoms. The first kappa shape index (κ1) is 26.7. The quantitative estimate of drug-likeness (QED) is 0.0647. The van der Waals surface area contributed by atoms with Gasteiger partial charge >= 0.3 is 5.97 Å². The van der Waals surface area contributed by atoms with Crippen LogP contribution in [-0.2, 0) is 23.9 Å². The predicted molar refractivity (Wildman–Crippen MR) is 114 cm³/mol. The maximum absolute atomic E-state index is 12.6. The summed E-state index contributed by atoms with van der Waals surface area (Å²) in [5.74, 6) is -4.27. The molecule has 0 aliphatic carbocycles. The molecule has 5 atom stereocenters. The molecule has 2 heterocycles. The lowest BCUT2D eigenvalue weighted by Gasteiger charge is -2.25. The third-order valence-electron chi connectivity index (χ3n) is 5.15.